The van der Waals surface area contributed by atoms with Gasteiger partial charge in [-0.25, -0.2) is 0 Å². The highest BCUT2D eigenvalue weighted by atomic mass is 15.0. The van der Waals surface area contributed by atoms with E-state index in [4.69, 9.17) is 5.73 Å². The largest absolute Gasteiger partial charge is 0.386 e. The van der Waals surface area contributed by atoms with Gasteiger partial charge in [0, 0.05) is 17.3 Å². The maximum atomic E-state index is 6.89. The third kappa shape index (κ3) is 8.49. The number of nitrogens with one attached hydrogen (secondary N) is 1. The summed E-state index contributed by atoms with van der Waals surface area (Å²) in [5, 5.41) is 3.63. The Morgan fingerprint density at radius 3 is 2.48 bits per heavy atom. The van der Waals surface area contributed by atoms with E-state index in [1.807, 2.05) is 0 Å². The van der Waals surface area contributed by atoms with E-state index in [0.29, 0.717) is 12.0 Å². The summed E-state index contributed by atoms with van der Waals surface area (Å²) in [4.78, 5) is 0. The van der Waals surface area contributed by atoms with E-state index in [1.165, 1.54) is 27.8 Å². The molecule has 0 aromatic heterocycles. The molecule has 0 radical (unpaired) electrons. The lowest BCUT2D eigenvalue weighted by Gasteiger charge is -2.51. The number of benzene rings is 1. The number of hydrogen-bond acceptors (Lipinski definition) is 2. The van der Waals surface area contributed by atoms with Gasteiger partial charge in [-0.15, -0.1) is 0 Å². The minimum atomic E-state index is -0.0815. The van der Waals surface area contributed by atoms with Gasteiger partial charge in [0.15, 0.2) is 0 Å². The van der Waals surface area contributed by atoms with Crippen molar-refractivity contribution < 1.29 is 0 Å². The van der Waals surface area contributed by atoms with Crippen LogP contribution in [-0.2, 0) is 12.8 Å². The number of rotatable bonds is 12. The molecule has 1 aromatic rings. The van der Waals surface area contributed by atoms with Crippen LogP contribution in [0.4, 0.5) is 0 Å². The average Bonchev–Trinajstić information content (AvgIpc) is 2.68. The zero-order valence-corrected chi connectivity index (χ0v) is 22.6. The molecule has 1 aliphatic carbocycles. The molecule has 1 saturated carbocycles. The molecular weight excluding hydrogens is 400 g/mol. The van der Waals surface area contributed by atoms with Crippen LogP contribution < -0.4 is 11.1 Å². The molecule has 0 saturated heterocycles. The van der Waals surface area contributed by atoms with E-state index >= 15 is 0 Å². The first-order valence-electron chi connectivity index (χ1n) is 12.9. The van der Waals surface area contributed by atoms with Crippen molar-refractivity contribution in [1.29, 1.82) is 0 Å². The van der Waals surface area contributed by atoms with Gasteiger partial charge in [0.1, 0.15) is 0 Å². The van der Waals surface area contributed by atoms with Crippen molar-refractivity contribution in [2.24, 2.45) is 17.1 Å². The molecule has 184 valence electrons. The van der Waals surface area contributed by atoms with Crippen LogP contribution in [-0.4, -0.2) is 11.6 Å². The molecule has 0 aliphatic heterocycles. The van der Waals surface area contributed by atoms with Crippen LogP contribution in [0.3, 0.4) is 0 Å². The van der Waals surface area contributed by atoms with Gasteiger partial charge in [0.2, 0.25) is 0 Å². The van der Waals surface area contributed by atoms with Crippen molar-refractivity contribution in [1.82, 2.24) is 5.32 Å². The van der Waals surface area contributed by atoms with Crippen molar-refractivity contribution in [3.63, 3.8) is 0 Å². The molecular formula is C31H50N2. The summed E-state index contributed by atoms with van der Waals surface area (Å²) in [6.45, 7) is 24.3. The monoisotopic (exact) mass is 450 g/mol. The molecule has 2 rings (SSSR count). The van der Waals surface area contributed by atoms with Gasteiger partial charge in [0.05, 0.1) is 0 Å². The lowest BCUT2D eigenvalue weighted by molar-refractivity contribution is 0.106. The zero-order valence-electron chi connectivity index (χ0n) is 22.6. The molecule has 0 amide bonds. The quantitative estimate of drug-likeness (QED) is 0.319. The molecule has 2 heteroatoms. The third-order valence-corrected chi connectivity index (χ3v) is 7.39. The van der Waals surface area contributed by atoms with E-state index in [1.54, 1.807) is 0 Å². The summed E-state index contributed by atoms with van der Waals surface area (Å²) in [6, 6.07) is 7.43. The molecule has 0 spiro atoms. The molecule has 1 aliphatic rings. The molecule has 0 bridgehead atoms. The van der Waals surface area contributed by atoms with Gasteiger partial charge in [-0.05, 0) is 93.7 Å². The fourth-order valence-corrected chi connectivity index (χ4v) is 5.36. The normalized spacial score (nSPS) is 21.9. The van der Waals surface area contributed by atoms with Crippen LogP contribution in [0.1, 0.15) is 96.8 Å². The maximum absolute atomic E-state index is 6.89. The molecule has 1 atom stereocenters. The molecule has 3 N–H and O–H groups in total. The summed E-state index contributed by atoms with van der Waals surface area (Å²) < 4.78 is 0. The van der Waals surface area contributed by atoms with Gasteiger partial charge in [-0.2, -0.15) is 0 Å². The van der Waals surface area contributed by atoms with Gasteiger partial charge < -0.3 is 11.1 Å². The minimum absolute atomic E-state index is 0.0815. The number of aryl methyl sites for hydroxylation is 2. The van der Waals surface area contributed by atoms with Gasteiger partial charge in [-0.3, -0.25) is 0 Å². The Hall–Kier alpha value is -1.80. The van der Waals surface area contributed by atoms with Crippen LogP contribution >= 0.6 is 0 Å². The number of hydrogen-bond donors (Lipinski definition) is 2. The Kier molecular flexibility index (Phi) is 9.61. The van der Waals surface area contributed by atoms with E-state index in [2.05, 4.69) is 91.2 Å². The van der Waals surface area contributed by atoms with Crippen LogP contribution in [0.2, 0.25) is 0 Å². The first kappa shape index (κ1) is 27.4. The molecule has 0 heterocycles. The fraction of sp³-hybridized carbons (Fsp3) is 0.613. The van der Waals surface area contributed by atoms with Crippen molar-refractivity contribution in [3.05, 3.63) is 71.0 Å². The summed E-state index contributed by atoms with van der Waals surface area (Å²) in [5.41, 5.74) is 15.2. The average molecular weight is 451 g/mol. The van der Waals surface area contributed by atoms with E-state index in [9.17, 15) is 0 Å². The van der Waals surface area contributed by atoms with Gasteiger partial charge in [-0.1, -0.05) is 82.7 Å². The maximum Gasteiger partial charge on any atom is 0.0293 e. The number of allylic oxidation sites excluding steroid dienone is 4. The highest BCUT2D eigenvalue weighted by Gasteiger charge is 2.46. The summed E-state index contributed by atoms with van der Waals surface area (Å²) >= 11 is 0. The molecule has 1 aromatic carbocycles. The fourth-order valence-electron chi connectivity index (χ4n) is 5.36. The Morgan fingerprint density at radius 2 is 1.94 bits per heavy atom. The minimum Gasteiger partial charge on any atom is -0.386 e. The smallest absolute Gasteiger partial charge is 0.0293 e. The van der Waals surface area contributed by atoms with Crippen molar-refractivity contribution in [2.75, 3.05) is 0 Å². The predicted octanol–water partition coefficient (Wildman–Crippen LogP) is 7.81. The standard InChI is InChI=1S/C31H50N2/c1-10-22(3)12-14-27-15-13-26(18-24(27)5)16-23(4)17-28(11-2)31(32)20-29(21-31)33-25(6)19-30(7,8)9/h10,13,15,18,28-29,33H,4,6,11-12,14,16-17,19-21,32H2,1-3,5,7-9H3/b22-10+. The lowest BCUT2D eigenvalue weighted by atomic mass is 9.63. The van der Waals surface area contributed by atoms with Crippen LogP contribution in [0, 0.1) is 18.3 Å². The first-order chi connectivity index (χ1) is 15.3. The summed E-state index contributed by atoms with van der Waals surface area (Å²) in [5.74, 6) is 0.489. The Bertz CT molecular complexity index is 846. The summed E-state index contributed by atoms with van der Waals surface area (Å²) in [7, 11) is 0. The highest BCUT2D eigenvalue weighted by Crippen LogP contribution is 2.41. The second-order valence-corrected chi connectivity index (χ2v) is 12.0. The van der Waals surface area contributed by atoms with Crippen molar-refractivity contribution in [3.8, 4) is 0 Å². The predicted molar refractivity (Wildman–Crippen MR) is 146 cm³/mol. The van der Waals surface area contributed by atoms with Crippen LogP contribution in [0.25, 0.3) is 0 Å². The second-order valence-electron chi connectivity index (χ2n) is 12.0. The molecule has 33 heavy (non-hydrogen) atoms. The molecule has 1 fully saturated rings. The van der Waals surface area contributed by atoms with Crippen LogP contribution in [0.5, 0.6) is 0 Å². The zero-order chi connectivity index (χ0) is 24.8. The van der Waals surface area contributed by atoms with E-state index in [0.717, 1.165) is 57.1 Å². The lowest BCUT2D eigenvalue weighted by Crippen LogP contribution is -2.63. The van der Waals surface area contributed by atoms with E-state index < -0.39 is 0 Å². The Balaban J connectivity index is 1.87. The van der Waals surface area contributed by atoms with Gasteiger partial charge in [0.25, 0.3) is 0 Å². The van der Waals surface area contributed by atoms with Crippen LogP contribution in [0.15, 0.2) is 54.3 Å². The topological polar surface area (TPSA) is 38.0 Å². The molecule has 2 nitrogen and oxygen atoms in total. The highest BCUT2D eigenvalue weighted by molar-refractivity contribution is 5.33. The Morgan fingerprint density at radius 1 is 1.27 bits per heavy atom. The second kappa shape index (κ2) is 11.6. The number of nitrogens with two attached hydrogens (primary N) is 1. The SMILES string of the molecule is C=C(Cc1ccc(CC/C(C)=C/C)c(C)c1)CC(CC)C1(N)CC(NC(=C)CC(C)(C)C)C1. The summed E-state index contributed by atoms with van der Waals surface area (Å²) in [6.07, 6.45) is 10.6. The van der Waals surface area contributed by atoms with Crippen molar-refractivity contribution >= 4 is 0 Å². The Labute approximate surface area is 204 Å². The molecule has 1 unspecified atom stereocenters. The third-order valence-electron chi connectivity index (χ3n) is 7.39. The van der Waals surface area contributed by atoms with E-state index in [-0.39, 0.29) is 11.0 Å². The first-order valence-corrected chi connectivity index (χ1v) is 12.9. The van der Waals surface area contributed by atoms with Gasteiger partial charge >= 0.3 is 0 Å². The van der Waals surface area contributed by atoms with Crippen molar-refractivity contribution in [2.45, 2.75) is 111 Å².